The predicted octanol–water partition coefficient (Wildman–Crippen LogP) is 4.90. The van der Waals surface area contributed by atoms with E-state index in [1.54, 1.807) is 36.4 Å². The van der Waals surface area contributed by atoms with E-state index in [1.165, 1.54) is 10.7 Å². The van der Waals surface area contributed by atoms with Gasteiger partial charge in [0.2, 0.25) is 5.88 Å². The Labute approximate surface area is 141 Å². The predicted molar refractivity (Wildman–Crippen MR) is 87.7 cm³/mol. The van der Waals surface area contributed by atoms with E-state index in [9.17, 15) is 4.79 Å². The zero-order valence-corrected chi connectivity index (χ0v) is 13.1. The van der Waals surface area contributed by atoms with E-state index in [0.717, 1.165) is 0 Å². The van der Waals surface area contributed by atoms with E-state index < -0.39 is 6.16 Å². The van der Waals surface area contributed by atoms with Crippen LogP contribution in [0, 0.1) is 0 Å². The highest BCUT2D eigenvalue weighted by molar-refractivity contribution is 6.33. The molecule has 0 atom stereocenters. The number of benzene rings is 2. The minimum Gasteiger partial charge on any atom is -0.449 e. The number of halogens is 2. The molecule has 3 rings (SSSR count). The maximum atomic E-state index is 10.8. The molecule has 1 aromatic heterocycles. The van der Waals surface area contributed by atoms with Crippen molar-refractivity contribution in [3.63, 3.8) is 0 Å². The molecule has 0 fully saturated rings. The van der Waals surface area contributed by atoms with Crippen molar-refractivity contribution in [1.82, 2.24) is 9.78 Å². The van der Waals surface area contributed by atoms with Gasteiger partial charge in [-0.15, -0.1) is 5.10 Å². The highest BCUT2D eigenvalue weighted by Gasteiger charge is 2.16. The molecule has 116 valence electrons. The SMILES string of the molecule is O=C(O)Oc1cc(-c2ccccc2Cl)n(-c2cccc(Cl)c2)n1. The Morgan fingerprint density at radius 1 is 1.09 bits per heavy atom. The van der Waals surface area contributed by atoms with Crippen LogP contribution < -0.4 is 4.74 Å². The van der Waals surface area contributed by atoms with Gasteiger partial charge >= 0.3 is 6.16 Å². The first-order valence-electron chi connectivity index (χ1n) is 6.56. The molecule has 3 aromatic rings. The lowest BCUT2D eigenvalue weighted by Gasteiger charge is -2.08. The average molecular weight is 349 g/mol. The Morgan fingerprint density at radius 3 is 2.57 bits per heavy atom. The van der Waals surface area contributed by atoms with E-state index in [4.69, 9.17) is 28.3 Å². The summed E-state index contributed by atoms with van der Waals surface area (Å²) in [7, 11) is 0. The third kappa shape index (κ3) is 3.31. The zero-order valence-electron chi connectivity index (χ0n) is 11.6. The molecule has 1 N–H and O–H groups in total. The largest absolute Gasteiger partial charge is 0.512 e. The summed E-state index contributed by atoms with van der Waals surface area (Å²) in [6, 6.07) is 15.7. The molecule has 0 unspecified atom stereocenters. The Hall–Kier alpha value is -2.50. The summed E-state index contributed by atoms with van der Waals surface area (Å²) < 4.78 is 6.19. The number of ether oxygens (including phenoxy) is 1. The standard InChI is InChI=1S/C16H10Cl2N2O3/c17-10-4-3-5-11(8-10)20-14(9-15(19-20)23-16(21)22)12-6-1-2-7-13(12)18/h1-9H,(H,21,22). The van der Waals surface area contributed by atoms with Crippen molar-refractivity contribution >= 4 is 29.4 Å². The third-order valence-electron chi connectivity index (χ3n) is 3.08. The molecular formula is C16H10Cl2N2O3. The van der Waals surface area contributed by atoms with E-state index in [1.807, 2.05) is 12.1 Å². The van der Waals surface area contributed by atoms with Crippen molar-refractivity contribution in [2.75, 3.05) is 0 Å². The van der Waals surface area contributed by atoms with Crippen molar-refractivity contribution in [2.24, 2.45) is 0 Å². The van der Waals surface area contributed by atoms with Crippen LogP contribution in [0.1, 0.15) is 0 Å². The quantitative estimate of drug-likeness (QED) is 0.683. The van der Waals surface area contributed by atoms with Gasteiger partial charge in [0.1, 0.15) is 0 Å². The molecule has 0 aliphatic heterocycles. The number of carbonyl (C=O) groups is 1. The highest BCUT2D eigenvalue weighted by atomic mass is 35.5. The molecule has 23 heavy (non-hydrogen) atoms. The van der Waals surface area contributed by atoms with Gasteiger partial charge in [0.25, 0.3) is 0 Å². The van der Waals surface area contributed by atoms with Gasteiger partial charge in [0, 0.05) is 21.7 Å². The molecule has 0 radical (unpaired) electrons. The molecule has 0 amide bonds. The fraction of sp³-hybridized carbons (Fsp3) is 0. The van der Waals surface area contributed by atoms with Crippen LogP contribution >= 0.6 is 23.2 Å². The number of carboxylic acid groups (broad SMARTS) is 1. The number of aromatic nitrogens is 2. The lowest BCUT2D eigenvalue weighted by atomic mass is 10.1. The topological polar surface area (TPSA) is 64.3 Å². The van der Waals surface area contributed by atoms with Crippen LogP contribution in [0.3, 0.4) is 0 Å². The molecule has 0 saturated heterocycles. The monoisotopic (exact) mass is 348 g/mol. The lowest BCUT2D eigenvalue weighted by Crippen LogP contribution is -2.04. The maximum absolute atomic E-state index is 10.8. The van der Waals surface area contributed by atoms with Crippen LogP contribution in [0.15, 0.2) is 54.6 Å². The fourth-order valence-corrected chi connectivity index (χ4v) is 2.58. The Bertz CT molecular complexity index is 877. The summed E-state index contributed by atoms with van der Waals surface area (Å²) >= 11 is 12.3. The maximum Gasteiger partial charge on any atom is 0.512 e. The van der Waals surface area contributed by atoms with Gasteiger partial charge < -0.3 is 9.84 Å². The molecule has 0 saturated carbocycles. The summed E-state index contributed by atoms with van der Waals surface area (Å²) in [5, 5.41) is 14.0. The number of rotatable bonds is 3. The average Bonchev–Trinajstić information content (AvgIpc) is 2.90. The van der Waals surface area contributed by atoms with Crippen LogP contribution in [-0.2, 0) is 0 Å². The molecule has 7 heteroatoms. The first-order valence-corrected chi connectivity index (χ1v) is 7.32. The van der Waals surface area contributed by atoms with E-state index in [2.05, 4.69) is 9.84 Å². The van der Waals surface area contributed by atoms with Gasteiger partial charge in [0.05, 0.1) is 11.4 Å². The minimum atomic E-state index is -1.44. The molecule has 0 aliphatic carbocycles. The molecule has 0 spiro atoms. The van der Waals surface area contributed by atoms with Crippen molar-refractivity contribution in [1.29, 1.82) is 0 Å². The summed E-state index contributed by atoms with van der Waals surface area (Å²) in [6.45, 7) is 0. The van der Waals surface area contributed by atoms with Crippen molar-refractivity contribution in [2.45, 2.75) is 0 Å². The van der Waals surface area contributed by atoms with E-state index in [0.29, 0.717) is 27.0 Å². The first-order chi connectivity index (χ1) is 11.0. The normalized spacial score (nSPS) is 10.5. The summed E-state index contributed by atoms with van der Waals surface area (Å²) in [6.07, 6.45) is -1.44. The molecule has 0 bridgehead atoms. The molecular weight excluding hydrogens is 339 g/mol. The summed E-state index contributed by atoms with van der Waals surface area (Å²) in [5.74, 6) is -0.0487. The second-order valence-electron chi connectivity index (χ2n) is 4.61. The molecule has 1 heterocycles. The van der Waals surface area contributed by atoms with Gasteiger partial charge in [-0.2, -0.15) is 0 Å². The summed E-state index contributed by atoms with van der Waals surface area (Å²) in [4.78, 5) is 10.8. The van der Waals surface area contributed by atoms with E-state index >= 15 is 0 Å². The second-order valence-corrected chi connectivity index (χ2v) is 5.45. The van der Waals surface area contributed by atoms with Crippen LogP contribution in [0.4, 0.5) is 4.79 Å². The van der Waals surface area contributed by atoms with Gasteiger partial charge in [-0.1, -0.05) is 47.5 Å². The van der Waals surface area contributed by atoms with Gasteiger partial charge in [0.15, 0.2) is 0 Å². The van der Waals surface area contributed by atoms with Crippen LogP contribution in [0.5, 0.6) is 5.88 Å². The van der Waals surface area contributed by atoms with Gasteiger partial charge in [-0.05, 0) is 24.3 Å². The molecule has 0 aliphatic rings. The van der Waals surface area contributed by atoms with Crippen LogP contribution in [0.25, 0.3) is 16.9 Å². The van der Waals surface area contributed by atoms with E-state index in [-0.39, 0.29) is 5.88 Å². The van der Waals surface area contributed by atoms with Crippen molar-refractivity contribution < 1.29 is 14.6 Å². The van der Waals surface area contributed by atoms with Gasteiger partial charge in [-0.3, -0.25) is 0 Å². The number of hydrogen-bond donors (Lipinski definition) is 1. The second kappa shape index (κ2) is 6.32. The Kier molecular flexibility index (Phi) is 4.23. The zero-order chi connectivity index (χ0) is 16.4. The third-order valence-corrected chi connectivity index (χ3v) is 3.65. The minimum absolute atomic E-state index is 0.0487. The fourth-order valence-electron chi connectivity index (χ4n) is 2.16. The first kappa shape index (κ1) is 15.4. The molecule has 5 nitrogen and oxygen atoms in total. The Balaban J connectivity index is 2.19. The summed E-state index contributed by atoms with van der Waals surface area (Å²) in [5.41, 5.74) is 1.95. The Morgan fingerprint density at radius 2 is 1.87 bits per heavy atom. The van der Waals surface area contributed by atoms with Crippen LogP contribution in [-0.4, -0.2) is 21.0 Å². The van der Waals surface area contributed by atoms with Crippen molar-refractivity contribution in [3.05, 3.63) is 64.6 Å². The van der Waals surface area contributed by atoms with Crippen molar-refractivity contribution in [3.8, 4) is 22.8 Å². The lowest BCUT2D eigenvalue weighted by molar-refractivity contribution is 0.142. The number of hydrogen-bond acceptors (Lipinski definition) is 3. The molecule has 2 aromatic carbocycles. The van der Waals surface area contributed by atoms with Gasteiger partial charge in [-0.25, -0.2) is 9.48 Å². The van der Waals surface area contributed by atoms with Crippen LogP contribution in [0.2, 0.25) is 10.0 Å². The number of nitrogens with zero attached hydrogens (tertiary/aromatic N) is 2. The highest BCUT2D eigenvalue weighted by Crippen LogP contribution is 2.32. The smallest absolute Gasteiger partial charge is 0.449 e.